The van der Waals surface area contributed by atoms with Gasteiger partial charge in [-0.25, -0.2) is 13.2 Å². The maximum atomic E-state index is 13.3. The van der Waals surface area contributed by atoms with Crippen LogP contribution in [0.4, 0.5) is 18.9 Å². The summed E-state index contributed by atoms with van der Waals surface area (Å²) in [7, 11) is 0. The van der Waals surface area contributed by atoms with Crippen molar-refractivity contribution in [2.45, 2.75) is 19.3 Å². The van der Waals surface area contributed by atoms with Crippen LogP contribution in [0.25, 0.3) is 0 Å². The highest BCUT2D eigenvalue weighted by molar-refractivity contribution is 5.90. The quantitative estimate of drug-likeness (QED) is 0.854. The molecule has 1 saturated heterocycles. The molecule has 0 unspecified atom stereocenters. The molecule has 1 aromatic rings. The molecule has 3 nitrogen and oxygen atoms in total. The molecule has 19 heavy (non-hydrogen) atoms. The van der Waals surface area contributed by atoms with Gasteiger partial charge in [-0.1, -0.05) is 0 Å². The number of carbonyl (C=O) groups is 1. The highest BCUT2D eigenvalue weighted by atomic mass is 19.2. The number of rotatable bonds is 4. The highest BCUT2D eigenvalue weighted by Gasteiger charge is 2.16. The van der Waals surface area contributed by atoms with Crippen LogP contribution in [0.1, 0.15) is 19.3 Å². The summed E-state index contributed by atoms with van der Waals surface area (Å²) in [5.41, 5.74) is -0.328. The van der Waals surface area contributed by atoms with E-state index in [0.29, 0.717) is 6.54 Å². The second kappa shape index (κ2) is 6.06. The van der Waals surface area contributed by atoms with Crippen LogP contribution in [0.5, 0.6) is 0 Å². The zero-order chi connectivity index (χ0) is 13.8. The van der Waals surface area contributed by atoms with Crippen LogP contribution in [0.3, 0.4) is 0 Å². The van der Waals surface area contributed by atoms with Crippen molar-refractivity contribution in [3.05, 3.63) is 29.6 Å². The third kappa shape index (κ3) is 3.47. The first kappa shape index (κ1) is 13.9. The second-order valence-corrected chi connectivity index (χ2v) is 4.57. The van der Waals surface area contributed by atoms with Crippen LogP contribution in [0, 0.1) is 17.5 Å². The van der Waals surface area contributed by atoms with E-state index < -0.39 is 23.4 Å². The molecule has 104 valence electrons. The van der Waals surface area contributed by atoms with Crippen LogP contribution in [0.2, 0.25) is 0 Å². The molecule has 2 rings (SSSR count). The summed E-state index contributed by atoms with van der Waals surface area (Å²) in [4.78, 5) is 13.7. The Bertz CT molecular complexity index is 473. The number of hydrogen-bond acceptors (Lipinski definition) is 2. The summed E-state index contributed by atoms with van der Waals surface area (Å²) < 4.78 is 39.0. The van der Waals surface area contributed by atoms with E-state index in [0.717, 1.165) is 38.1 Å². The van der Waals surface area contributed by atoms with E-state index in [4.69, 9.17) is 0 Å². The molecule has 0 aliphatic carbocycles. The van der Waals surface area contributed by atoms with Crippen molar-refractivity contribution < 1.29 is 18.0 Å². The molecular weight excluding hydrogens is 257 g/mol. The topological polar surface area (TPSA) is 32.3 Å². The van der Waals surface area contributed by atoms with Gasteiger partial charge in [0.25, 0.3) is 0 Å². The van der Waals surface area contributed by atoms with Gasteiger partial charge in [0.15, 0.2) is 17.5 Å². The molecule has 1 N–H and O–H groups in total. The molecule has 0 radical (unpaired) electrons. The Kier molecular flexibility index (Phi) is 4.42. The average Bonchev–Trinajstić information content (AvgIpc) is 2.90. The first-order chi connectivity index (χ1) is 9.08. The van der Waals surface area contributed by atoms with Gasteiger partial charge in [-0.05, 0) is 38.1 Å². The molecule has 0 bridgehead atoms. The molecule has 1 aromatic carbocycles. The van der Waals surface area contributed by atoms with Gasteiger partial charge in [-0.15, -0.1) is 0 Å². The highest BCUT2D eigenvalue weighted by Crippen LogP contribution is 2.19. The first-order valence-corrected chi connectivity index (χ1v) is 6.23. The van der Waals surface area contributed by atoms with Crippen LogP contribution in [0.15, 0.2) is 12.1 Å². The number of amides is 1. The fourth-order valence-corrected chi connectivity index (χ4v) is 2.10. The minimum absolute atomic E-state index is 0.207. The number of halogens is 3. The van der Waals surface area contributed by atoms with E-state index in [1.807, 2.05) is 0 Å². The van der Waals surface area contributed by atoms with Gasteiger partial charge in [-0.3, -0.25) is 4.79 Å². The molecular formula is C13H15F3N2O. The third-order valence-corrected chi connectivity index (χ3v) is 3.16. The summed E-state index contributed by atoms with van der Waals surface area (Å²) in [6.07, 6.45) is 2.46. The van der Waals surface area contributed by atoms with Crippen LogP contribution >= 0.6 is 0 Å². The predicted octanol–water partition coefficient (Wildman–Crippen LogP) is 2.53. The zero-order valence-corrected chi connectivity index (χ0v) is 10.4. The van der Waals surface area contributed by atoms with Gasteiger partial charge in [0.05, 0.1) is 5.69 Å². The minimum atomic E-state index is -1.57. The zero-order valence-electron chi connectivity index (χ0n) is 10.4. The molecule has 1 aliphatic rings. The summed E-state index contributed by atoms with van der Waals surface area (Å²) in [6.45, 7) is 2.52. The summed E-state index contributed by atoms with van der Waals surface area (Å²) in [6, 6.07) is 1.80. The Morgan fingerprint density at radius 3 is 2.53 bits per heavy atom. The van der Waals surface area contributed by atoms with E-state index >= 15 is 0 Å². The van der Waals surface area contributed by atoms with E-state index in [1.54, 1.807) is 0 Å². The van der Waals surface area contributed by atoms with E-state index in [9.17, 15) is 18.0 Å². The SMILES string of the molecule is O=C(CCN1CCCC1)Nc1ccc(F)c(F)c1F. The normalized spacial score (nSPS) is 15.7. The van der Waals surface area contributed by atoms with Crippen LogP contribution in [-0.2, 0) is 4.79 Å². The van der Waals surface area contributed by atoms with Gasteiger partial charge in [-0.2, -0.15) is 0 Å². The monoisotopic (exact) mass is 272 g/mol. The Morgan fingerprint density at radius 1 is 1.16 bits per heavy atom. The number of nitrogens with zero attached hydrogens (tertiary/aromatic N) is 1. The van der Waals surface area contributed by atoms with Crippen molar-refractivity contribution in [2.24, 2.45) is 0 Å². The molecule has 0 spiro atoms. The van der Waals surface area contributed by atoms with Gasteiger partial charge in [0.1, 0.15) is 0 Å². The van der Waals surface area contributed by atoms with Crippen molar-refractivity contribution in [1.82, 2.24) is 4.90 Å². The molecule has 0 atom stereocenters. The lowest BCUT2D eigenvalue weighted by molar-refractivity contribution is -0.116. The molecule has 1 fully saturated rings. The third-order valence-electron chi connectivity index (χ3n) is 3.16. The fraction of sp³-hybridized carbons (Fsp3) is 0.462. The van der Waals surface area contributed by atoms with E-state index in [1.165, 1.54) is 0 Å². The minimum Gasteiger partial charge on any atom is -0.323 e. The Morgan fingerprint density at radius 2 is 1.84 bits per heavy atom. The molecule has 1 amide bonds. The second-order valence-electron chi connectivity index (χ2n) is 4.57. The molecule has 0 aromatic heterocycles. The number of anilines is 1. The number of nitrogens with one attached hydrogen (secondary N) is 1. The fourth-order valence-electron chi connectivity index (χ4n) is 2.10. The van der Waals surface area contributed by atoms with Crippen molar-refractivity contribution in [1.29, 1.82) is 0 Å². The summed E-state index contributed by atoms with van der Waals surface area (Å²) in [5.74, 6) is -4.61. The molecule has 1 aliphatic heterocycles. The first-order valence-electron chi connectivity index (χ1n) is 6.23. The van der Waals surface area contributed by atoms with Crippen molar-refractivity contribution in [3.8, 4) is 0 Å². The summed E-state index contributed by atoms with van der Waals surface area (Å²) >= 11 is 0. The molecule has 6 heteroatoms. The van der Waals surface area contributed by atoms with Gasteiger partial charge in [0.2, 0.25) is 5.91 Å². The van der Waals surface area contributed by atoms with Crippen LogP contribution < -0.4 is 5.32 Å². The number of likely N-dealkylation sites (tertiary alicyclic amines) is 1. The lowest BCUT2D eigenvalue weighted by Crippen LogP contribution is -2.25. The van der Waals surface area contributed by atoms with Crippen LogP contribution in [-0.4, -0.2) is 30.4 Å². The van der Waals surface area contributed by atoms with Gasteiger partial charge in [0, 0.05) is 13.0 Å². The van der Waals surface area contributed by atoms with Crippen molar-refractivity contribution in [3.63, 3.8) is 0 Å². The summed E-state index contributed by atoms with van der Waals surface area (Å²) in [5, 5.41) is 2.25. The lowest BCUT2D eigenvalue weighted by atomic mass is 10.2. The Labute approximate surface area is 109 Å². The molecule has 0 saturated carbocycles. The van der Waals surface area contributed by atoms with Crippen molar-refractivity contribution >= 4 is 11.6 Å². The number of carbonyl (C=O) groups excluding carboxylic acids is 1. The maximum Gasteiger partial charge on any atom is 0.225 e. The predicted molar refractivity (Wildman–Crippen MR) is 65.2 cm³/mol. The van der Waals surface area contributed by atoms with E-state index in [-0.39, 0.29) is 12.1 Å². The average molecular weight is 272 g/mol. The number of hydrogen-bond donors (Lipinski definition) is 1. The molecule has 1 heterocycles. The van der Waals surface area contributed by atoms with Gasteiger partial charge < -0.3 is 10.2 Å². The maximum absolute atomic E-state index is 13.3. The van der Waals surface area contributed by atoms with E-state index in [2.05, 4.69) is 10.2 Å². The Balaban J connectivity index is 1.89. The standard InChI is InChI=1S/C13H15F3N2O/c14-9-3-4-10(13(16)12(9)15)17-11(19)5-8-18-6-1-2-7-18/h3-4H,1-2,5-8H2,(H,17,19). The van der Waals surface area contributed by atoms with Gasteiger partial charge >= 0.3 is 0 Å². The Hall–Kier alpha value is -1.56. The smallest absolute Gasteiger partial charge is 0.225 e. The van der Waals surface area contributed by atoms with Crippen molar-refractivity contribution in [2.75, 3.05) is 25.0 Å². The largest absolute Gasteiger partial charge is 0.323 e. The lowest BCUT2D eigenvalue weighted by Gasteiger charge is -2.14. The number of benzene rings is 1.